The van der Waals surface area contributed by atoms with Crippen LogP contribution in [0.5, 0.6) is 0 Å². The zero-order valence-electron chi connectivity index (χ0n) is 13.9. The Kier molecular flexibility index (Phi) is 4.79. The van der Waals surface area contributed by atoms with Crippen LogP contribution >= 0.6 is 0 Å². The molecule has 0 aliphatic heterocycles. The molecule has 1 unspecified atom stereocenters. The minimum absolute atomic E-state index is 0.400. The third-order valence-electron chi connectivity index (χ3n) is 4.53. The summed E-state index contributed by atoms with van der Waals surface area (Å²) < 4.78 is 7.54. The first-order valence-electron chi connectivity index (χ1n) is 8.40. The number of rotatable bonds is 8. The zero-order valence-corrected chi connectivity index (χ0v) is 13.9. The minimum atomic E-state index is 0.400. The molecule has 0 saturated heterocycles. The van der Waals surface area contributed by atoms with E-state index >= 15 is 0 Å². The molecule has 0 bridgehead atoms. The number of aromatic nitrogens is 2. The van der Waals surface area contributed by atoms with Crippen LogP contribution in [-0.2, 0) is 11.3 Å². The van der Waals surface area contributed by atoms with E-state index in [9.17, 15) is 0 Å². The molecule has 1 aliphatic carbocycles. The Hall–Kier alpha value is -1.39. The van der Waals surface area contributed by atoms with Gasteiger partial charge in [0.05, 0.1) is 11.2 Å². The van der Waals surface area contributed by atoms with Crippen LogP contribution in [0.2, 0.25) is 0 Å². The van der Waals surface area contributed by atoms with Gasteiger partial charge in [-0.1, -0.05) is 0 Å². The fourth-order valence-electron chi connectivity index (χ4n) is 3.20. The molecule has 1 N–H and O–H groups in total. The molecule has 2 heterocycles. The van der Waals surface area contributed by atoms with E-state index in [4.69, 9.17) is 4.74 Å². The molecule has 22 heavy (non-hydrogen) atoms. The molecule has 3 rings (SSSR count). The number of methoxy groups -OCH3 is 1. The van der Waals surface area contributed by atoms with Gasteiger partial charge in [0.25, 0.3) is 0 Å². The Morgan fingerprint density at radius 3 is 2.95 bits per heavy atom. The second-order valence-corrected chi connectivity index (χ2v) is 6.43. The van der Waals surface area contributed by atoms with Crippen molar-refractivity contribution in [2.45, 2.75) is 58.2 Å². The molecule has 0 aromatic carbocycles. The van der Waals surface area contributed by atoms with E-state index in [1.807, 2.05) is 6.20 Å². The number of hydrogen-bond acceptors (Lipinski definition) is 3. The van der Waals surface area contributed by atoms with Gasteiger partial charge in [0.15, 0.2) is 0 Å². The highest BCUT2D eigenvalue weighted by molar-refractivity contribution is 5.86. The first kappa shape index (κ1) is 15.5. The maximum absolute atomic E-state index is 5.15. The lowest BCUT2D eigenvalue weighted by atomic mass is 10.1. The highest BCUT2D eigenvalue weighted by atomic mass is 16.5. The van der Waals surface area contributed by atoms with E-state index in [1.165, 1.54) is 29.3 Å². The second kappa shape index (κ2) is 6.80. The number of nitrogens with one attached hydrogen (secondary N) is 1. The fraction of sp³-hybridized carbons (Fsp3) is 0.611. The van der Waals surface area contributed by atoms with Crippen molar-refractivity contribution in [2.24, 2.45) is 0 Å². The van der Waals surface area contributed by atoms with Gasteiger partial charge in [-0.2, -0.15) is 0 Å². The number of ether oxygens (including phenoxy) is 1. The van der Waals surface area contributed by atoms with E-state index in [2.05, 4.69) is 41.0 Å². The molecule has 1 fully saturated rings. The number of unbranched alkanes of at least 4 members (excludes halogenated alkanes) is 1. The summed E-state index contributed by atoms with van der Waals surface area (Å²) in [4.78, 5) is 4.49. The summed E-state index contributed by atoms with van der Waals surface area (Å²) in [6.07, 6.45) is 9.13. The minimum Gasteiger partial charge on any atom is -0.385 e. The van der Waals surface area contributed by atoms with Crippen LogP contribution in [0.15, 0.2) is 18.5 Å². The van der Waals surface area contributed by atoms with Gasteiger partial charge in [-0.25, -0.2) is 0 Å². The third-order valence-corrected chi connectivity index (χ3v) is 4.53. The summed E-state index contributed by atoms with van der Waals surface area (Å²) in [7, 11) is 1.77. The van der Waals surface area contributed by atoms with E-state index < -0.39 is 0 Å². The van der Waals surface area contributed by atoms with Crippen LogP contribution in [0, 0.1) is 6.92 Å². The third kappa shape index (κ3) is 3.33. The standard InChI is InChI=1S/C18H27N3O/c1-13(20-15-6-7-15)17-12-21(10-4-5-11-22-3)18-14(2)19-9-8-16(17)18/h8-9,12-13,15,20H,4-7,10-11H2,1-3H3. The SMILES string of the molecule is COCCCCn1cc(C(C)NC2CC2)c2ccnc(C)c21. The number of nitrogens with zero attached hydrogens (tertiary/aromatic N) is 2. The van der Waals surface area contributed by atoms with E-state index in [1.54, 1.807) is 7.11 Å². The molecule has 4 heteroatoms. The van der Waals surface area contributed by atoms with Crippen molar-refractivity contribution in [3.63, 3.8) is 0 Å². The Morgan fingerprint density at radius 1 is 1.41 bits per heavy atom. The number of hydrogen-bond donors (Lipinski definition) is 1. The molecule has 2 aromatic rings. The molecule has 0 spiro atoms. The maximum Gasteiger partial charge on any atom is 0.0699 e. The Labute approximate surface area is 132 Å². The van der Waals surface area contributed by atoms with E-state index in [0.29, 0.717) is 6.04 Å². The normalized spacial score (nSPS) is 16.3. The van der Waals surface area contributed by atoms with Gasteiger partial charge in [0, 0.05) is 50.1 Å². The predicted molar refractivity (Wildman–Crippen MR) is 90.2 cm³/mol. The molecule has 4 nitrogen and oxygen atoms in total. The number of aryl methyl sites for hydroxylation is 2. The van der Waals surface area contributed by atoms with Crippen molar-refractivity contribution in [2.75, 3.05) is 13.7 Å². The monoisotopic (exact) mass is 301 g/mol. The van der Waals surface area contributed by atoms with Crippen molar-refractivity contribution in [3.05, 3.63) is 29.7 Å². The highest BCUT2D eigenvalue weighted by Gasteiger charge is 2.25. The number of pyridine rings is 1. The largest absolute Gasteiger partial charge is 0.385 e. The first-order chi connectivity index (χ1) is 10.7. The highest BCUT2D eigenvalue weighted by Crippen LogP contribution is 2.31. The van der Waals surface area contributed by atoms with Crippen LogP contribution in [0.4, 0.5) is 0 Å². The van der Waals surface area contributed by atoms with Gasteiger partial charge in [-0.05, 0) is 51.2 Å². The van der Waals surface area contributed by atoms with E-state index in [0.717, 1.165) is 37.7 Å². The summed E-state index contributed by atoms with van der Waals surface area (Å²) in [5.41, 5.74) is 3.81. The van der Waals surface area contributed by atoms with Gasteiger partial charge in [0.1, 0.15) is 0 Å². The van der Waals surface area contributed by atoms with Gasteiger partial charge >= 0.3 is 0 Å². The van der Waals surface area contributed by atoms with Gasteiger partial charge in [-0.3, -0.25) is 4.98 Å². The molecular formula is C18H27N3O. The van der Waals surface area contributed by atoms with Crippen molar-refractivity contribution in [3.8, 4) is 0 Å². The Bertz CT molecular complexity index is 631. The quantitative estimate of drug-likeness (QED) is 0.757. The van der Waals surface area contributed by atoms with Crippen molar-refractivity contribution in [1.82, 2.24) is 14.9 Å². The Morgan fingerprint density at radius 2 is 2.23 bits per heavy atom. The molecule has 0 amide bonds. The molecule has 1 atom stereocenters. The first-order valence-corrected chi connectivity index (χ1v) is 8.40. The predicted octanol–water partition coefficient (Wildman–Crippen LogP) is 3.58. The van der Waals surface area contributed by atoms with Gasteiger partial charge in [-0.15, -0.1) is 0 Å². The van der Waals surface area contributed by atoms with Gasteiger partial charge in [0.2, 0.25) is 0 Å². The lowest BCUT2D eigenvalue weighted by Crippen LogP contribution is -2.20. The number of fused-ring (bicyclic) bond motifs is 1. The molecular weight excluding hydrogens is 274 g/mol. The summed E-state index contributed by atoms with van der Waals surface area (Å²) in [5.74, 6) is 0. The van der Waals surface area contributed by atoms with Crippen LogP contribution in [-0.4, -0.2) is 29.3 Å². The topological polar surface area (TPSA) is 39.1 Å². The average Bonchev–Trinajstić information content (AvgIpc) is 3.23. The Balaban J connectivity index is 1.86. The zero-order chi connectivity index (χ0) is 15.5. The summed E-state index contributed by atoms with van der Waals surface area (Å²) in [6.45, 7) is 6.25. The lowest BCUT2D eigenvalue weighted by Gasteiger charge is -2.12. The summed E-state index contributed by atoms with van der Waals surface area (Å²) in [5, 5.41) is 5.06. The average molecular weight is 301 g/mol. The molecule has 1 aliphatic rings. The maximum atomic E-state index is 5.15. The fourth-order valence-corrected chi connectivity index (χ4v) is 3.20. The lowest BCUT2D eigenvalue weighted by molar-refractivity contribution is 0.191. The van der Waals surface area contributed by atoms with Crippen molar-refractivity contribution < 1.29 is 4.74 Å². The van der Waals surface area contributed by atoms with Crippen LogP contribution in [0.1, 0.15) is 49.9 Å². The van der Waals surface area contributed by atoms with Crippen LogP contribution in [0.25, 0.3) is 10.9 Å². The van der Waals surface area contributed by atoms with Crippen molar-refractivity contribution in [1.29, 1.82) is 0 Å². The molecule has 1 saturated carbocycles. The van der Waals surface area contributed by atoms with Crippen LogP contribution < -0.4 is 5.32 Å². The summed E-state index contributed by atoms with van der Waals surface area (Å²) >= 11 is 0. The second-order valence-electron chi connectivity index (χ2n) is 6.43. The van der Waals surface area contributed by atoms with Gasteiger partial charge < -0.3 is 14.6 Å². The van der Waals surface area contributed by atoms with Crippen LogP contribution in [0.3, 0.4) is 0 Å². The molecule has 0 radical (unpaired) electrons. The molecule has 120 valence electrons. The van der Waals surface area contributed by atoms with Crippen molar-refractivity contribution >= 4 is 10.9 Å². The molecule has 2 aromatic heterocycles. The smallest absolute Gasteiger partial charge is 0.0699 e. The van der Waals surface area contributed by atoms with E-state index in [-0.39, 0.29) is 0 Å². The summed E-state index contributed by atoms with van der Waals surface area (Å²) in [6, 6.07) is 3.28.